The number of aromatic nitrogens is 2. The van der Waals surface area contributed by atoms with Gasteiger partial charge >= 0.3 is 0 Å². The molecule has 32 heavy (non-hydrogen) atoms. The zero-order valence-corrected chi connectivity index (χ0v) is 19.0. The zero-order valence-electron chi connectivity index (χ0n) is 18.2. The van der Waals surface area contributed by atoms with E-state index in [2.05, 4.69) is 33.7 Å². The molecule has 8 heteroatoms. The van der Waals surface area contributed by atoms with E-state index < -0.39 is 10.0 Å². The van der Waals surface area contributed by atoms with Crippen molar-refractivity contribution in [2.75, 3.05) is 18.9 Å². The third-order valence-electron chi connectivity index (χ3n) is 5.21. The van der Waals surface area contributed by atoms with E-state index in [4.69, 9.17) is 9.47 Å². The van der Waals surface area contributed by atoms with Crippen molar-refractivity contribution >= 4 is 26.7 Å². The Balaban J connectivity index is 1.42. The van der Waals surface area contributed by atoms with Crippen molar-refractivity contribution in [2.24, 2.45) is 0 Å². The van der Waals surface area contributed by atoms with Crippen LogP contribution < -0.4 is 14.2 Å². The number of hydrogen-bond acceptors (Lipinski definition) is 5. The number of anilines is 1. The normalized spacial score (nSPS) is 11.5. The molecule has 2 N–H and O–H groups in total. The van der Waals surface area contributed by atoms with E-state index in [0.29, 0.717) is 17.2 Å². The van der Waals surface area contributed by atoms with Crippen LogP contribution in [0.4, 0.5) is 5.69 Å². The van der Waals surface area contributed by atoms with Crippen LogP contribution in [0.25, 0.3) is 11.0 Å². The molecule has 0 unspecified atom stereocenters. The van der Waals surface area contributed by atoms with Gasteiger partial charge in [-0.1, -0.05) is 18.2 Å². The van der Waals surface area contributed by atoms with Crippen LogP contribution >= 0.6 is 0 Å². The van der Waals surface area contributed by atoms with E-state index in [9.17, 15) is 8.42 Å². The second-order valence-electron chi connectivity index (χ2n) is 7.52. The minimum Gasteiger partial charge on any atom is -0.493 e. The van der Waals surface area contributed by atoms with Crippen LogP contribution in [0.15, 0.2) is 65.6 Å². The number of nitrogens with one attached hydrogen (secondary N) is 2. The van der Waals surface area contributed by atoms with E-state index in [1.165, 1.54) is 31.9 Å². The molecule has 1 heterocycles. The number of H-pyrrole nitrogens is 1. The third kappa shape index (κ3) is 4.70. The molecule has 0 bridgehead atoms. The second-order valence-corrected chi connectivity index (χ2v) is 9.21. The van der Waals surface area contributed by atoms with E-state index in [0.717, 1.165) is 35.3 Å². The van der Waals surface area contributed by atoms with Gasteiger partial charge in [0, 0.05) is 18.2 Å². The molecule has 0 fully saturated rings. The van der Waals surface area contributed by atoms with Crippen molar-refractivity contribution in [3.8, 4) is 11.5 Å². The van der Waals surface area contributed by atoms with Gasteiger partial charge in [0.05, 0.1) is 30.1 Å². The number of methoxy groups -OCH3 is 2. The summed E-state index contributed by atoms with van der Waals surface area (Å²) in [7, 11) is -0.792. The lowest BCUT2D eigenvalue weighted by Gasteiger charge is -2.12. The summed E-state index contributed by atoms with van der Waals surface area (Å²) in [6.45, 7) is 2.06. The summed E-state index contributed by atoms with van der Waals surface area (Å²) in [6, 6.07) is 18.0. The molecule has 0 atom stereocenters. The first kappa shape index (κ1) is 21.7. The first-order chi connectivity index (χ1) is 15.4. The Bertz CT molecular complexity index is 1350. The van der Waals surface area contributed by atoms with E-state index in [-0.39, 0.29) is 4.90 Å². The van der Waals surface area contributed by atoms with Crippen molar-refractivity contribution in [1.29, 1.82) is 0 Å². The highest BCUT2D eigenvalue weighted by Crippen LogP contribution is 2.30. The van der Waals surface area contributed by atoms with Crippen molar-refractivity contribution in [3.05, 3.63) is 77.6 Å². The number of imidazole rings is 1. The van der Waals surface area contributed by atoms with Gasteiger partial charge in [-0.3, -0.25) is 4.72 Å². The summed E-state index contributed by atoms with van der Waals surface area (Å²) < 4.78 is 38.5. The van der Waals surface area contributed by atoms with Crippen LogP contribution in [-0.4, -0.2) is 32.6 Å². The fraction of sp³-hybridized carbons (Fsp3) is 0.208. The lowest BCUT2D eigenvalue weighted by molar-refractivity contribution is 0.354. The molecule has 0 saturated carbocycles. The molecule has 0 radical (unpaired) electrons. The highest BCUT2D eigenvalue weighted by molar-refractivity contribution is 7.92. The summed E-state index contributed by atoms with van der Waals surface area (Å²) in [5.41, 5.74) is 4.78. The average Bonchev–Trinajstić information content (AvgIpc) is 3.19. The van der Waals surface area contributed by atoms with Crippen molar-refractivity contribution < 1.29 is 17.9 Å². The standard InChI is InChI=1S/C24H25N3O4S/c1-16-4-11-20-21(14-16)26-24(25-20)13-7-17-5-8-18(9-6-17)27-32(28,29)19-10-12-22(30-2)23(15-19)31-3/h4-6,8-12,14-15,27H,7,13H2,1-3H3,(H,25,26). The van der Waals surface area contributed by atoms with Gasteiger partial charge in [0.15, 0.2) is 11.5 Å². The molecule has 0 amide bonds. The number of aromatic amines is 1. The average molecular weight is 452 g/mol. The Morgan fingerprint density at radius 2 is 1.66 bits per heavy atom. The Hall–Kier alpha value is -3.52. The van der Waals surface area contributed by atoms with Crippen LogP contribution in [0.5, 0.6) is 11.5 Å². The van der Waals surface area contributed by atoms with Crippen molar-refractivity contribution in [1.82, 2.24) is 9.97 Å². The van der Waals surface area contributed by atoms with Crippen LogP contribution in [0.1, 0.15) is 17.0 Å². The largest absolute Gasteiger partial charge is 0.493 e. The first-order valence-corrected chi connectivity index (χ1v) is 11.7. The maximum absolute atomic E-state index is 12.8. The van der Waals surface area contributed by atoms with Gasteiger partial charge in [-0.25, -0.2) is 13.4 Å². The number of benzene rings is 3. The maximum Gasteiger partial charge on any atom is 0.262 e. The molecule has 1 aromatic heterocycles. The maximum atomic E-state index is 12.8. The summed E-state index contributed by atoms with van der Waals surface area (Å²) in [5.74, 6) is 1.76. The van der Waals surface area contributed by atoms with Gasteiger partial charge in [0.2, 0.25) is 0 Å². The van der Waals surface area contributed by atoms with E-state index in [1.807, 2.05) is 18.2 Å². The van der Waals surface area contributed by atoms with Crippen LogP contribution in [0, 0.1) is 6.92 Å². The quantitative estimate of drug-likeness (QED) is 0.412. The Kier molecular flexibility index (Phi) is 6.05. The van der Waals surface area contributed by atoms with Gasteiger partial charge in [0.1, 0.15) is 5.82 Å². The molecular formula is C24H25N3O4S. The smallest absolute Gasteiger partial charge is 0.262 e. The number of hydrogen-bond donors (Lipinski definition) is 2. The highest BCUT2D eigenvalue weighted by atomic mass is 32.2. The molecule has 4 aromatic rings. The predicted molar refractivity (Wildman–Crippen MR) is 125 cm³/mol. The number of nitrogens with zero attached hydrogens (tertiary/aromatic N) is 1. The van der Waals surface area contributed by atoms with E-state index >= 15 is 0 Å². The van der Waals surface area contributed by atoms with Crippen molar-refractivity contribution in [2.45, 2.75) is 24.7 Å². The molecule has 7 nitrogen and oxygen atoms in total. The SMILES string of the molecule is COc1ccc(S(=O)(=O)Nc2ccc(CCc3nc4ccc(C)cc4[nH]3)cc2)cc1OC. The third-order valence-corrected chi connectivity index (χ3v) is 6.59. The lowest BCUT2D eigenvalue weighted by atomic mass is 10.1. The molecule has 0 aliphatic carbocycles. The number of aryl methyl sites for hydroxylation is 3. The fourth-order valence-electron chi connectivity index (χ4n) is 3.49. The van der Waals surface area contributed by atoms with Gasteiger partial charge in [-0.05, 0) is 60.9 Å². The second kappa shape index (κ2) is 8.92. The van der Waals surface area contributed by atoms with E-state index in [1.54, 1.807) is 18.2 Å². The molecular weight excluding hydrogens is 426 g/mol. The molecule has 4 rings (SSSR count). The molecule has 166 valence electrons. The van der Waals surface area contributed by atoms with Crippen LogP contribution in [0.2, 0.25) is 0 Å². The number of rotatable bonds is 8. The molecule has 0 aliphatic heterocycles. The molecule has 0 spiro atoms. The molecule has 0 aliphatic rings. The van der Waals surface area contributed by atoms with Gasteiger partial charge in [0.25, 0.3) is 10.0 Å². The highest BCUT2D eigenvalue weighted by Gasteiger charge is 2.17. The lowest BCUT2D eigenvalue weighted by Crippen LogP contribution is -2.13. The number of sulfonamides is 1. The van der Waals surface area contributed by atoms with Crippen LogP contribution in [-0.2, 0) is 22.9 Å². The fourth-order valence-corrected chi connectivity index (χ4v) is 4.57. The monoisotopic (exact) mass is 451 g/mol. The number of ether oxygens (including phenoxy) is 2. The van der Waals surface area contributed by atoms with Gasteiger partial charge < -0.3 is 14.5 Å². The summed E-state index contributed by atoms with van der Waals surface area (Å²) >= 11 is 0. The van der Waals surface area contributed by atoms with Gasteiger partial charge in [-0.2, -0.15) is 0 Å². The molecule has 3 aromatic carbocycles. The molecule has 0 saturated heterocycles. The summed E-state index contributed by atoms with van der Waals surface area (Å²) in [4.78, 5) is 8.09. The first-order valence-electron chi connectivity index (χ1n) is 10.2. The Morgan fingerprint density at radius 1 is 0.906 bits per heavy atom. The van der Waals surface area contributed by atoms with Gasteiger partial charge in [-0.15, -0.1) is 0 Å². The minimum atomic E-state index is -3.76. The summed E-state index contributed by atoms with van der Waals surface area (Å²) in [6.07, 6.45) is 1.56. The summed E-state index contributed by atoms with van der Waals surface area (Å²) in [5, 5.41) is 0. The zero-order chi connectivity index (χ0) is 22.7. The topological polar surface area (TPSA) is 93.3 Å². The predicted octanol–water partition coefficient (Wildman–Crippen LogP) is 4.47. The van der Waals surface area contributed by atoms with Crippen molar-refractivity contribution in [3.63, 3.8) is 0 Å². The Labute approximate surface area is 187 Å². The Morgan fingerprint density at radius 3 is 2.38 bits per heavy atom. The number of fused-ring (bicyclic) bond motifs is 1. The van der Waals surface area contributed by atoms with Crippen LogP contribution in [0.3, 0.4) is 0 Å². The minimum absolute atomic E-state index is 0.0966.